The highest BCUT2D eigenvalue weighted by Crippen LogP contribution is 2.24. The number of nitrogens with one attached hydrogen (secondary N) is 2. The van der Waals surface area contributed by atoms with Crippen LogP contribution in [0.15, 0.2) is 18.3 Å². The van der Waals surface area contributed by atoms with Crippen LogP contribution in [0.3, 0.4) is 0 Å². The molecule has 0 bridgehead atoms. The Hall–Kier alpha value is -1.62. The Kier molecular flexibility index (Phi) is 5.56. The first-order chi connectivity index (χ1) is 10.1. The van der Waals surface area contributed by atoms with Gasteiger partial charge in [-0.15, -0.1) is 0 Å². The topological polar surface area (TPSA) is 57.3 Å². The average Bonchev–Trinajstić information content (AvgIpc) is 2.52. The SMILES string of the molecule is CNC(=O)c1cc(N2CCCCC2CNC(C)C)ccn1. The number of aromatic nitrogens is 1. The number of nitrogens with zero attached hydrogens (tertiary/aromatic N) is 2. The van der Waals surface area contributed by atoms with E-state index in [2.05, 4.69) is 34.4 Å². The number of hydrogen-bond donors (Lipinski definition) is 2. The van der Waals surface area contributed by atoms with Gasteiger partial charge in [0.05, 0.1) is 0 Å². The fraction of sp³-hybridized carbons (Fsp3) is 0.625. The van der Waals surface area contributed by atoms with Crippen LogP contribution in [0.1, 0.15) is 43.6 Å². The summed E-state index contributed by atoms with van der Waals surface area (Å²) in [6.07, 6.45) is 5.39. The molecule has 1 aromatic rings. The van der Waals surface area contributed by atoms with Crippen LogP contribution in [0.2, 0.25) is 0 Å². The van der Waals surface area contributed by atoms with Crippen LogP contribution in [-0.2, 0) is 0 Å². The summed E-state index contributed by atoms with van der Waals surface area (Å²) in [5.41, 5.74) is 1.58. The minimum Gasteiger partial charge on any atom is -0.367 e. The lowest BCUT2D eigenvalue weighted by Crippen LogP contribution is -2.47. The molecule has 0 aromatic carbocycles. The van der Waals surface area contributed by atoms with E-state index in [0.717, 1.165) is 18.8 Å². The molecule has 1 fully saturated rings. The van der Waals surface area contributed by atoms with Crippen LogP contribution in [0, 0.1) is 0 Å². The first kappa shape index (κ1) is 15.8. The normalized spacial score (nSPS) is 18.9. The Labute approximate surface area is 127 Å². The van der Waals surface area contributed by atoms with Crippen molar-refractivity contribution in [2.24, 2.45) is 0 Å². The third-order valence-corrected chi connectivity index (χ3v) is 3.92. The van der Waals surface area contributed by atoms with Gasteiger partial charge in [0, 0.05) is 44.1 Å². The van der Waals surface area contributed by atoms with Gasteiger partial charge in [-0.2, -0.15) is 0 Å². The predicted molar refractivity (Wildman–Crippen MR) is 85.8 cm³/mol. The maximum atomic E-state index is 11.7. The number of piperidine rings is 1. The van der Waals surface area contributed by atoms with Gasteiger partial charge in [-0.25, -0.2) is 0 Å². The van der Waals surface area contributed by atoms with Crippen molar-refractivity contribution < 1.29 is 4.79 Å². The minimum atomic E-state index is -0.134. The fourth-order valence-electron chi connectivity index (χ4n) is 2.77. The molecular formula is C16H26N4O. The minimum absolute atomic E-state index is 0.134. The zero-order valence-corrected chi connectivity index (χ0v) is 13.2. The number of carbonyl (C=O) groups is 1. The molecule has 2 rings (SSSR count). The highest BCUT2D eigenvalue weighted by Gasteiger charge is 2.23. The fourth-order valence-corrected chi connectivity index (χ4v) is 2.77. The molecule has 0 saturated carbocycles. The lowest BCUT2D eigenvalue weighted by Gasteiger charge is -2.38. The second-order valence-electron chi connectivity index (χ2n) is 5.88. The van der Waals surface area contributed by atoms with E-state index in [1.54, 1.807) is 13.2 Å². The second-order valence-corrected chi connectivity index (χ2v) is 5.88. The third-order valence-electron chi connectivity index (χ3n) is 3.92. The van der Waals surface area contributed by atoms with Crippen LogP contribution in [-0.4, -0.2) is 43.1 Å². The molecular weight excluding hydrogens is 264 g/mol. The zero-order valence-electron chi connectivity index (χ0n) is 13.2. The van der Waals surface area contributed by atoms with Crippen molar-refractivity contribution in [3.05, 3.63) is 24.0 Å². The maximum absolute atomic E-state index is 11.7. The van der Waals surface area contributed by atoms with Crippen LogP contribution >= 0.6 is 0 Å². The molecule has 116 valence electrons. The van der Waals surface area contributed by atoms with Gasteiger partial charge in [0.1, 0.15) is 5.69 Å². The number of carbonyl (C=O) groups excluding carboxylic acids is 1. The second kappa shape index (κ2) is 7.41. The predicted octanol–water partition coefficient (Wildman–Crippen LogP) is 1.80. The van der Waals surface area contributed by atoms with E-state index in [1.165, 1.54) is 19.3 Å². The van der Waals surface area contributed by atoms with Crippen LogP contribution < -0.4 is 15.5 Å². The van der Waals surface area contributed by atoms with E-state index >= 15 is 0 Å². The Morgan fingerprint density at radius 3 is 3.00 bits per heavy atom. The molecule has 5 heteroatoms. The van der Waals surface area contributed by atoms with Gasteiger partial charge >= 0.3 is 0 Å². The summed E-state index contributed by atoms with van der Waals surface area (Å²) in [6, 6.07) is 4.88. The van der Waals surface area contributed by atoms with Gasteiger partial charge in [-0.3, -0.25) is 9.78 Å². The lowest BCUT2D eigenvalue weighted by atomic mass is 10.0. The van der Waals surface area contributed by atoms with Crippen LogP contribution in [0.25, 0.3) is 0 Å². The Balaban J connectivity index is 2.14. The van der Waals surface area contributed by atoms with Gasteiger partial charge in [-0.05, 0) is 31.4 Å². The molecule has 21 heavy (non-hydrogen) atoms. The molecule has 1 atom stereocenters. The van der Waals surface area contributed by atoms with Crippen molar-refractivity contribution in [3.63, 3.8) is 0 Å². The van der Waals surface area contributed by atoms with E-state index < -0.39 is 0 Å². The monoisotopic (exact) mass is 290 g/mol. The van der Waals surface area contributed by atoms with E-state index in [1.807, 2.05) is 12.1 Å². The third kappa shape index (κ3) is 4.17. The molecule has 1 saturated heterocycles. The average molecular weight is 290 g/mol. The van der Waals surface area contributed by atoms with E-state index in [-0.39, 0.29) is 5.91 Å². The standard InChI is InChI=1S/C16H26N4O/c1-12(2)19-11-14-6-4-5-9-20(14)13-7-8-18-15(10-13)16(21)17-3/h7-8,10,12,14,19H,4-6,9,11H2,1-3H3,(H,17,21). The van der Waals surface area contributed by atoms with Crippen LogP contribution in [0.4, 0.5) is 5.69 Å². The highest BCUT2D eigenvalue weighted by atomic mass is 16.1. The van der Waals surface area contributed by atoms with Gasteiger partial charge < -0.3 is 15.5 Å². The summed E-state index contributed by atoms with van der Waals surface area (Å²) in [6.45, 7) is 6.36. The largest absolute Gasteiger partial charge is 0.367 e. The van der Waals surface area contributed by atoms with Crippen molar-refractivity contribution in [3.8, 4) is 0 Å². The van der Waals surface area contributed by atoms with E-state index in [9.17, 15) is 4.79 Å². The Morgan fingerprint density at radius 1 is 1.48 bits per heavy atom. The molecule has 2 N–H and O–H groups in total. The first-order valence-electron chi connectivity index (χ1n) is 7.80. The van der Waals surface area contributed by atoms with E-state index in [4.69, 9.17) is 0 Å². The molecule has 1 aliphatic heterocycles. The molecule has 1 aliphatic rings. The first-order valence-corrected chi connectivity index (χ1v) is 7.80. The highest BCUT2D eigenvalue weighted by molar-refractivity contribution is 5.92. The summed E-state index contributed by atoms with van der Waals surface area (Å²) in [7, 11) is 1.63. The Morgan fingerprint density at radius 2 is 2.29 bits per heavy atom. The van der Waals surface area contributed by atoms with E-state index in [0.29, 0.717) is 17.8 Å². The van der Waals surface area contributed by atoms with Gasteiger partial charge in [-0.1, -0.05) is 13.8 Å². The van der Waals surface area contributed by atoms with Gasteiger partial charge in [0.25, 0.3) is 5.91 Å². The molecule has 1 amide bonds. The number of anilines is 1. The molecule has 0 aliphatic carbocycles. The zero-order chi connectivity index (χ0) is 15.2. The summed E-state index contributed by atoms with van der Waals surface area (Å²) in [5, 5.41) is 6.16. The van der Waals surface area contributed by atoms with Gasteiger partial charge in [0.2, 0.25) is 0 Å². The number of amides is 1. The van der Waals surface area contributed by atoms with Crippen molar-refractivity contribution in [2.45, 2.75) is 45.2 Å². The number of hydrogen-bond acceptors (Lipinski definition) is 4. The number of pyridine rings is 1. The quantitative estimate of drug-likeness (QED) is 0.868. The van der Waals surface area contributed by atoms with Crippen molar-refractivity contribution >= 4 is 11.6 Å². The van der Waals surface area contributed by atoms with Gasteiger partial charge in [0.15, 0.2) is 0 Å². The smallest absolute Gasteiger partial charge is 0.269 e. The summed E-state index contributed by atoms with van der Waals surface area (Å²) in [4.78, 5) is 18.3. The molecule has 1 aromatic heterocycles. The summed E-state index contributed by atoms with van der Waals surface area (Å²) < 4.78 is 0. The molecule has 0 radical (unpaired) electrons. The molecule has 1 unspecified atom stereocenters. The number of rotatable bonds is 5. The van der Waals surface area contributed by atoms with Crippen molar-refractivity contribution in [1.82, 2.24) is 15.6 Å². The molecule has 2 heterocycles. The Bertz CT molecular complexity index is 475. The lowest BCUT2D eigenvalue weighted by molar-refractivity contribution is 0.0958. The molecule has 0 spiro atoms. The summed E-state index contributed by atoms with van der Waals surface area (Å²) >= 11 is 0. The van der Waals surface area contributed by atoms with Crippen LogP contribution in [0.5, 0.6) is 0 Å². The van der Waals surface area contributed by atoms with Crippen molar-refractivity contribution in [2.75, 3.05) is 25.0 Å². The maximum Gasteiger partial charge on any atom is 0.269 e. The molecule has 5 nitrogen and oxygen atoms in total. The van der Waals surface area contributed by atoms with Crippen molar-refractivity contribution in [1.29, 1.82) is 0 Å². The summed E-state index contributed by atoms with van der Waals surface area (Å²) in [5.74, 6) is -0.134.